The Kier molecular flexibility index (Phi) is 5.32. The molecule has 12 heavy (non-hydrogen) atoms. The van der Waals surface area contributed by atoms with Gasteiger partial charge in [-0.15, -0.1) is 0 Å². The molecule has 1 rings (SSSR count). The van der Waals surface area contributed by atoms with E-state index in [1.807, 2.05) is 0 Å². The van der Waals surface area contributed by atoms with Crippen molar-refractivity contribution in [3.8, 4) is 0 Å². The number of hydrogen-bond donors (Lipinski definition) is 1. The summed E-state index contributed by atoms with van der Waals surface area (Å²) in [5.41, 5.74) is 0. The van der Waals surface area contributed by atoms with Gasteiger partial charge in [-0.1, -0.05) is 0 Å². The average Bonchev–Trinajstić information content (AvgIpc) is 2.57. The van der Waals surface area contributed by atoms with Crippen LogP contribution in [-0.2, 0) is 9.47 Å². The fourth-order valence-electron chi connectivity index (χ4n) is 1.47. The van der Waals surface area contributed by atoms with E-state index in [4.69, 9.17) is 9.47 Å². The summed E-state index contributed by atoms with van der Waals surface area (Å²) in [6, 6.07) is 0.701. The fraction of sp³-hybridized carbons (Fsp3) is 1.00. The molecule has 0 saturated carbocycles. The summed E-state index contributed by atoms with van der Waals surface area (Å²) in [7, 11) is 1.70. The Balaban J connectivity index is 1.81. The molecule has 1 aliphatic heterocycles. The van der Waals surface area contributed by atoms with E-state index in [1.165, 1.54) is 19.4 Å². The molecule has 0 amide bonds. The summed E-state index contributed by atoms with van der Waals surface area (Å²) in [6.07, 6.45) is 3.78. The predicted molar refractivity (Wildman–Crippen MR) is 48.3 cm³/mol. The van der Waals surface area contributed by atoms with Gasteiger partial charge in [-0.2, -0.15) is 0 Å². The number of ether oxygens (including phenoxy) is 2. The van der Waals surface area contributed by atoms with Crippen LogP contribution < -0.4 is 5.32 Å². The number of methoxy groups -OCH3 is 1. The van der Waals surface area contributed by atoms with Crippen molar-refractivity contribution in [1.82, 2.24) is 5.32 Å². The topological polar surface area (TPSA) is 30.5 Å². The van der Waals surface area contributed by atoms with Crippen molar-refractivity contribution in [2.24, 2.45) is 0 Å². The second kappa shape index (κ2) is 6.40. The number of rotatable bonds is 6. The van der Waals surface area contributed by atoms with E-state index in [0.717, 1.165) is 19.6 Å². The molecule has 1 unspecified atom stereocenters. The smallest absolute Gasteiger partial charge is 0.0700 e. The Hall–Kier alpha value is -0.120. The van der Waals surface area contributed by atoms with Crippen LogP contribution in [0.2, 0.25) is 0 Å². The zero-order valence-corrected chi connectivity index (χ0v) is 7.84. The maximum atomic E-state index is 5.37. The Labute approximate surface area is 74.4 Å². The standard InChI is InChI=1S/C9H19NO2/c1-11-7-8-12-6-4-9-3-2-5-10-9/h9-10H,2-8H2,1H3. The van der Waals surface area contributed by atoms with Crippen LogP contribution >= 0.6 is 0 Å². The van der Waals surface area contributed by atoms with E-state index in [9.17, 15) is 0 Å². The molecule has 1 heterocycles. The summed E-state index contributed by atoms with van der Waals surface area (Å²) in [6.45, 7) is 3.48. The first-order valence-corrected chi connectivity index (χ1v) is 4.73. The van der Waals surface area contributed by atoms with Gasteiger partial charge >= 0.3 is 0 Å². The van der Waals surface area contributed by atoms with Gasteiger partial charge in [0.15, 0.2) is 0 Å². The minimum atomic E-state index is 0.701. The largest absolute Gasteiger partial charge is 0.382 e. The zero-order chi connectivity index (χ0) is 8.65. The van der Waals surface area contributed by atoms with Crippen molar-refractivity contribution < 1.29 is 9.47 Å². The third-order valence-electron chi connectivity index (χ3n) is 2.20. The van der Waals surface area contributed by atoms with Crippen LogP contribution in [0.1, 0.15) is 19.3 Å². The van der Waals surface area contributed by atoms with Gasteiger partial charge in [0.25, 0.3) is 0 Å². The fourth-order valence-corrected chi connectivity index (χ4v) is 1.47. The lowest BCUT2D eigenvalue weighted by Crippen LogP contribution is -2.23. The molecule has 1 aliphatic rings. The van der Waals surface area contributed by atoms with Crippen LogP contribution in [0.5, 0.6) is 0 Å². The molecular weight excluding hydrogens is 154 g/mol. The third-order valence-corrected chi connectivity index (χ3v) is 2.20. The molecule has 0 aromatic heterocycles. The third kappa shape index (κ3) is 4.04. The highest BCUT2D eigenvalue weighted by Gasteiger charge is 2.12. The molecule has 0 aromatic carbocycles. The maximum Gasteiger partial charge on any atom is 0.0700 e. The highest BCUT2D eigenvalue weighted by molar-refractivity contribution is 4.73. The monoisotopic (exact) mass is 173 g/mol. The first-order valence-electron chi connectivity index (χ1n) is 4.73. The minimum absolute atomic E-state index is 0.701. The molecule has 0 aromatic rings. The van der Waals surface area contributed by atoms with Gasteiger partial charge in [0.1, 0.15) is 0 Å². The molecule has 3 nitrogen and oxygen atoms in total. The van der Waals surface area contributed by atoms with Gasteiger partial charge in [0.05, 0.1) is 13.2 Å². The molecule has 1 N–H and O–H groups in total. The van der Waals surface area contributed by atoms with E-state index in [2.05, 4.69) is 5.32 Å². The van der Waals surface area contributed by atoms with E-state index in [0.29, 0.717) is 12.6 Å². The summed E-state index contributed by atoms with van der Waals surface area (Å²) >= 11 is 0. The van der Waals surface area contributed by atoms with Crippen molar-refractivity contribution in [3.63, 3.8) is 0 Å². The van der Waals surface area contributed by atoms with Crippen LogP contribution in [0.3, 0.4) is 0 Å². The normalized spacial score (nSPS) is 23.2. The van der Waals surface area contributed by atoms with Gasteiger partial charge in [-0.3, -0.25) is 0 Å². The molecule has 0 radical (unpaired) electrons. The van der Waals surface area contributed by atoms with Crippen LogP contribution in [0.15, 0.2) is 0 Å². The molecule has 3 heteroatoms. The first-order chi connectivity index (χ1) is 5.93. The lowest BCUT2D eigenvalue weighted by molar-refractivity contribution is 0.0665. The molecule has 0 bridgehead atoms. The second-order valence-electron chi connectivity index (χ2n) is 3.19. The molecule has 0 aliphatic carbocycles. The first kappa shape index (κ1) is 9.96. The second-order valence-corrected chi connectivity index (χ2v) is 3.19. The molecule has 1 saturated heterocycles. The van der Waals surface area contributed by atoms with Crippen molar-refractivity contribution in [3.05, 3.63) is 0 Å². The molecule has 1 fully saturated rings. The highest BCUT2D eigenvalue weighted by Crippen LogP contribution is 2.08. The van der Waals surface area contributed by atoms with Crippen molar-refractivity contribution in [1.29, 1.82) is 0 Å². The van der Waals surface area contributed by atoms with Crippen molar-refractivity contribution >= 4 is 0 Å². The Morgan fingerprint density at radius 1 is 1.33 bits per heavy atom. The van der Waals surface area contributed by atoms with Gasteiger partial charge in [0.2, 0.25) is 0 Å². The van der Waals surface area contributed by atoms with Gasteiger partial charge < -0.3 is 14.8 Å². The van der Waals surface area contributed by atoms with Gasteiger partial charge in [-0.05, 0) is 25.8 Å². The van der Waals surface area contributed by atoms with E-state index in [1.54, 1.807) is 7.11 Å². The van der Waals surface area contributed by atoms with E-state index in [-0.39, 0.29) is 0 Å². The van der Waals surface area contributed by atoms with Gasteiger partial charge in [0, 0.05) is 19.8 Å². The average molecular weight is 173 g/mol. The maximum absolute atomic E-state index is 5.37. The van der Waals surface area contributed by atoms with Crippen LogP contribution in [-0.4, -0.2) is 39.5 Å². The van der Waals surface area contributed by atoms with Crippen molar-refractivity contribution in [2.75, 3.05) is 33.5 Å². The SMILES string of the molecule is COCCOCCC1CCCN1. The minimum Gasteiger partial charge on any atom is -0.382 e. The van der Waals surface area contributed by atoms with Crippen LogP contribution in [0.25, 0.3) is 0 Å². The zero-order valence-electron chi connectivity index (χ0n) is 7.84. The summed E-state index contributed by atoms with van der Waals surface area (Å²) in [4.78, 5) is 0. The van der Waals surface area contributed by atoms with E-state index >= 15 is 0 Å². The summed E-state index contributed by atoms with van der Waals surface area (Å²) in [5.74, 6) is 0. The number of hydrogen-bond acceptors (Lipinski definition) is 3. The van der Waals surface area contributed by atoms with Crippen LogP contribution in [0.4, 0.5) is 0 Å². The Morgan fingerprint density at radius 3 is 2.92 bits per heavy atom. The lowest BCUT2D eigenvalue weighted by atomic mass is 10.2. The predicted octanol–water partition coefficient (Wildman–Crippen LogP) is 0.791. The summed E-state index contributed by atoms with van der Waals surface area (Å²) < 4.78 is 10.2. The summed E-state index contributed by atoms with van der Waals surface area (Å²) in [5, 5.41) is 3.44. The Bertz CT molecular complexity index is 103. The number of nitrogens with one attached hydrogen (secondary N) is 1. The van der Waals surface area contributed by atoms with Crippen LogP contribution in [0, 0.1) is 0 Å². The molecule has 1 atom stereocenters. The van der Waals surface area contributed by atoms with Gasteiger partial charge in [-0.25, -0.2) is 0 Å². The molecular formula is C9H19NO2. The lowest BCUT2D eigenvalue weighted by Gasteiger charge is -2.09. The van der Waals surface area contributed by atoms with E-state index < -0.39 is 0 Å². The molecule has 0 spiro atoms. The quantitative estimate of drug-likeness (QED) is 0.602. The van der Waals surface area contributed by atoms with Crippen molar-refractivity contribution in [2.45, 2.75) is 25.3 Å². The Morgan fingerprint density at radius 2 is 2.25 bits per heavy atom. The highest BCUT2D eigenvalue weighted by atomic mass is 16.5. The molecule has 72 valence electrons.